The summed E-state index contributed by atoms with van der Waals surface area (Å²) in [4.78, 5) is 0. The van der Waals surface area contributed by atoms with Crippen molar-refractivity contribution in [3.63, 3.8) is 0 Å². The van der Waals surface area contributed by atoms with E-state index in [-0.39, 0.29) is 11.0 Å². The molecule has 0 heterocycles. The second-order valence-corrected chi connectivity index (χ2v) is 8.69. The van der Waals surface area contributed by atoms with Gasteiger partial charge in [-0.05, 0) is 16.5 Å². The number of rotatable bonds is 8. The van der Waals surface area contributed by atoms with Crippen molar-refractivity contribution >= 4 is 10.5 Å². The first-order chi connectivity index (χ1) is 12.9. The Hall–Kier alpha value is -1.38. The summed E-state index contributed by atoms with van der Waals surface area (Å²) in [6.45, 7) is 11.2. The highest BCUT2D eigenvalue weighted by Gasteiger charge is 2.44. The third-order valence-corrected chi connectivity index (χ3v) is 5.79. The summed E-state index contributed by atoms with van der Waals surface area (Å²) in [5.74, 6) is 0. The molecule has 0 N–H and O–H groups in total. The Labute approximate surface area is 171 Å². The monoisotopic (exact) mass is 384 g/mol. The molecule has 0 aliphatic carbocycles. The molecule has 0 radical (unpaired) electrons. The largest absolute Gasteiger partial charge is 0.414 e. The zero-order chi connectivity index (χ0) is 20.2. The van der Waals surface area contributed by atoms with Crippen molar-refractivity contribution in [2.45, 2.75) is 78.7 Å². The van der Waals surface area contributed by atoms with Gasteiger partial charge in [-0.1, -0.05) is 134 Å². The van der Waals surface area contributed by atoms with Crippen molar-refractivity contribution < 1.29 is 4.43 Å². The van der Waals surface area contributed by atoms with Crippen LogP contribution in [0.1, 0.15) is 84.3 Å². The van der Waals surface area contributed by atoms with E-state index in [1.807, 2.05) is 0 Å². The molecule has 0 saturated heterocycles. The predicted octanol–water partition coefficient (Wildman–Crippen LogP) is 6.64. The van der Waals surface area contributed by atoms with E-state index < -0.39 is 0 Å². The fraction of sp³-hybridized carbons (Fsp3) is 0.520. The van der Waals surface area contributed by atoms with Gasteiger partial charge in [0, 0.05) is 0 Å². The van der Waals surface area contributed by atoms with Gasteiger partial charge in [0.15, 0.2) is 0 Å². The molecule has 1 nitrogen and oxygen atoms in total. The molecule has 27 heavy (non-hydrogen) atoms. The zero-order valence-electron chi connectivity index (χ0n) is 18.4. The number of hydrogen-bond acceptors (Lipinski definition) is 1. The molecule has 0 amide bonds. The minimum absolute atomic E-state index is 0.0164. The van der Waals surface area contributed by atoms with Crippen molar-refractivity contribution in [3.05, 3.63) is 71.8 Å². The first kappa shape index (κ1) is 23.7. The van der Waals surface area contributed by atoms with Crippen molar-refractivity contribution in [2.24, 2.45) is 5.41 Å². The van der Waals surface area contributed by atoms with Gasteiger partial charge >= 0.3 is 0 Å². The standard InChI is InChI=1S/C17H22OSi.C8H18/c1-16(2,3)17(18-19,14-10-6-4-7-11-14)15-12-8-5-9-13-15;1-3-5-7-8-6-4-2/h4-13H,1-3,19H3;3-8H2,1-2H3. The molecule has 2 aromatic carbocycles. The van der Waals surface area contributed by atoms with Gasteiger partial charge in [0.05, 0.1) is 0 Å². The molecule has 0 fully saturated rings. The van der Waals surface area contributed by atoms with Crippen LogP contribution in [-0.2, 0) is 10.0 Å². The highest BCUT2D eigenvalue weighted by atomic mass is 28.2. The maximum Gasteiger partial charge on any atom is 0.147 e. The van der Waals surface area contributed by atoms with Crippen molar-refractivity contribution in [2.75, 3.05) is 0 Å². The van der Waals surface area contributed by atoms with Crippen LogP contribution in [0.5, 0.6) is 0 Å². The molecule has 2 heteroatoms. The van der Waals surface area contributed by atoms with Crippen LogP contribution in [0.25, 0.3) is 0 Å². The zero-order valence-corrected chi connectivity index (χ0v) is 20.4. The van der Waals surface area contributed by atoms with Crippen LogP contribution in [0.4, 0.5) is 0 Å². The van der Waals surface area contributed by atoms with Gasteiger partial charge in [-0.15, -0.1) is 0 Å². The third kappa shape index (κ3) is 6.62. The van der Waals surface area contributed by atoms with E-state index in [0.29, 0.717) is 10.5 Å². The lowest BCUT2D eigenvalue weighted by atomic mass is 9.68. The minimum atomic E-state index is -0.373. The molecule has 0 bridgehead atoms. The maximum absolute atomic E-state index is 6.21. The van der Waals surface area contributed by atoms with Crippen LogP contribution in [0.3, 0.4) is 0 Å². The van der Waals surface area contributed by atoms with Gasteiger partial charge in [-0.2, -0.15) is 0 Å². The molecule has 0 aliphatic rings. The first-order valence-electron chi connectivity index (χ1n) is 10.6. The Bertz CT molecular complexity index is 556. The Morgan fingerprint density at radius 2 is 1.04 bits per heavy atom. The lowest BCUT2D eigenvalue weighted by Crippen LogP contribution is -2.43. The lowest BCUT2D eigenvalue weighted by molar-refractivity contribution is 0.00678. The fourth-order valence-electron chi connectivity index (χ4n) is 3.77. The van der Waals surface area contributed by atoms with Crippen LogP contribution in [0.15, 0.2) is 60.7 Å². The fourth-order valence-corrected chi connectivity index (χ4v) is 4.86. The summed E-state index contributed by atoms with van der Waals surface area (Å²) < 4.78 is 6.21. The average molecular weight is 385 g/mol. The van der Waals surface area contributed by atoms with Gasteiger partial charge in [0.2, 0.25) is 0 Å². The summed E-state index contributed by atoms with van der Waals surface area (Å²) in [7, 11) is 0.697. The molecule has 0 saturated carbocycles. The highest BCUT2D eigenvalue weighted by Crippen LogP contribution is 2.47. The van der Waals surface area contributed by atoms with Crippen molar-refractivity contribution in [1.29, 1.82) is 0 Å². The molecular weight excluding hydrogens is 344 g/mol. The second kappa shape index (κ2) is 12.1. The minimum Gasteiger partial charge on any atom is -0.414 e. The van der Waals surface area contributed by atoms with E-state index in [4.69, 9.17) is 4.43 Å². The van der Waals surface area contributed by atoms with E-state index in [0.717, 1.165) is 0 Å². The third-order valence-electron chi connectivity index (χ3n) is 5.18. The molecule has 0 atom stereocenters. The molecular formula is C25H40OSi. The van der Waals surface area contributed by atoms with E-state index in [2.05, 4.69) is 95.3 Å². The summed E-state index contributed by atoms with van der Waals surface area (Å²) in [5.41, 5.74) is 2.06. The maximum atomic E-state index is 6.21. The van der Waals surface area contributed by atoms with E-state index in [1.54, 1.807) is 0 Å². The average Bonchev–Trinajstić information content (AvgIpc) is 2.67. The van der Waals surface area contributed by atoms with Gasteiger partial charge < -0.3 is 4.43 Å². The molecule has 0 aliphatic heterocycles. The normalized spacial score (nSPS) is 11.7. The number of hydrogen-bond donors (Lipinski definition) is 0. The van der Waals surface area contributed by atoms with E-state index in [1.165, 1.54) is 49.7 Å². The van der Waals surface area contributed by atoms with Gasteiger partial charge in [-0.3, -0.25) is 0 Å². The first-order valence-corrected chi connectivity index (χ1v) is 11.4. The SMILES string of the molecule is CC(C)(C)C(O[SiH3])(c1ccccc1)c1ccccc1.CCCCCCCC. The van der Waals surface area contributed by atoms with Crippen LogP contribution in [0, 0.1) is 5.41 Å². The van der Waals surface area contributed by atoms with Gasteiger partial charge in [0.1, 0.15) is 16.1 Å². The molecule has 2 rings (SSSR count). The van der Waals surface area contributed by atoms with Crippen LogP contribution in [-0.4, -0.2) is 10.5 Å². The summed E-state index contributed by atoms with van der Waals surface area (Å²) in [6, 6.07) is 21.1. The molecule has 150 valence electrons. The smallest absolute Gasteiger partial charge is 0.147 e. The van der Waals surface area contributed by atoms with Crippen LogP contribution >= 0.6 is 0 Å². The molecule has 0 spiro atoms. The van der Waals surface area contributed by atoms with Crippen LogP contribution < -0.4 is 0 Å². The van der Waals surface area contributed by atoms with Crippen LogP contribution in [0.2, 0.25) is 0 Å². The summed E-state index contributed by atoms with van der Waals surface area (Å²) in [6.07, 6.45) is 8.49. The molecule has 0 unspecified atom stereocenters. The Kier molecular flexibility index (Phi) is 10.6. The Morgan fingerprint density at radius 1 is 0.667 bits per heavy atom. The molecule has 2 aromatic rings. The lowest BCUT2D eigenvalue weighted by Gasteiger charge is -2.45. The van der Waals surface area contributed by atoms with E-state index in [9.17, 15) is 0 Å². The number of unbranched alkanes of at least 4 members (excludes halogenated alkanes) is 5. The summed E-state index contributed by atoms with van der Waals surface area (Å²) in [5, 5.41) is 0. The predicted molar refractivity (Wildman–Crippen MR) is 123 cm³/mol. The Morgan fingerprint density at radius 3 is 1.30 bits per heavy atom. The van der Waals surface area contributed by atoms with Gasteiger partial charge in [0.25, 0.3) is 0 Å². The Balaban J connectivity index is 0.000000387. The van der Waals surface area contributed by atoms with Gasteiger partial charge in [-0.25, -0.2) is 0 Å². The van der Waals surface area contributed by atoms with E-state index >= 15 is 0 Å². The highest BCUT2D eigenvalue weighted by molar-refractivity contribution is 5.98. The topological polar surface area (TPSA) is 9.23 Å². The number of benzene rings is 2. The van der Waals surface area contributed by atoms with Crippen molar-refractivity contribution in [3.8, 4) is 0 Å². The molecule has 0 aromatic heterocycles. The summed E-state index contributed by atoms with van der Waals surface area (Å²) >= 11 is 0. The quantitative estimate of drug-likeness (QED) is 0.366. The second-order valence-electron chi connectivity index (χ2n) is 8.28. The van der Waals surface area contributed by atoms with Crippen molar-refractivity contribution in [1.82, 2.24) is 0 Å².